The lowest BCUT2D eigenvalue weighted by Crippen LogP contribution is -2.36. The maximum Gasteiger partial charge on any atom is 0.416 e. The number of likely N-dealkylation sites (tertiary alicyclic amines) is 1. The van der Waals surface area contributed by atoms with Crippen LogP contribution < -0.4 is 0 Å². The molecule has 3 heterocycles. The van der Waals surface area contributed by atoms with Crippen molar-refractivity contribution in [3.63, 3.8) is 0 Å². The smallest absolute Gasteiger partial charge is 0.416 e. The van der Waals surface area contributed by atoms with Gasteiger partial charge in [0, 0.05) is 32.6 Å². The van der Waals surface area contributed by atoms with E-state index in [1.807, 2.05) is 26.0 Å². The second-order valence-corrected chi connectivity index (χ2v) is 10.6. The van der Waals surface area contributed by atoms with Gasteiger partial charge in [-0.3, -0.25) is 5.01 Å². The van der Waals surface area contributed by atoms with Crippen LogP contribution in [0, 0.1) is 18.7 Å². The van der Waals surface area contributed by atoms with E-state index in [0.717, 1.165) is 49.3 Å². The molecule has 2 aliphatic heterocycles. The fourth-order valence-corrected chi connectivity index (χ4v) is 6.41. The number of thioether (sulfide) groups is 1. The average molecular weight is 498 g/mol. The molecule has 0 radical (unpaired) electrons. The summed E-state index contributed by atoms with van der Waals surface area (Å²) in [6.07, 6.45) is -1.30. The number of oxazole rings is 1. The molecule has 1 saturated carbocycles. The lowest BCUT2D eigenvalue weighted by molar-refractivity contribution is -0.137. The number of fused-ring (bicyclic) bond motifs is 1. The Bertz CT molecular complexity index is 1110. The van der Waals surface area contributed by atoms with Crippen molar-refractivity contribution in [2.24, 2.45) is 11.0 Å². The summed E-state index contributed by atoms with van der Waals surface area (Å²) in [6, 6.07) is 2.99. The van der Waals surface area contributed by atoms with E-state index in [1.54, 1.807) is 11.8 Å². The summed E-state index contributed by atoms with van der Waals surface area (Å²) >= 11 is 1.79. The summed E-state index contributed by atoms with van der Waals surface area (Å²) in [7, 11) is 3.92. The van der Waals surface area contributed by atoms with E-state index in [1.165, 1.54) is 12.5 Å². The van der Waals surface area contributed by atoms with Gasteiger partial charge in [-0.2, -0.15) is 18.3 Å². The topological polar surface area (TPSA) is 48.1 Å². The number of hydrogen-bond donors (Lipinski definition) is 0. The number of hydrazone groups is 1. The SMILES string of the molecule is Cc1ncoc1C1=NN(C)C(SCCCN2C[C@@H]3C[C@]3(c3ccc(C(F)(F)F)cc3F)C2)N1C. The molecule has 1 aromatic carbocycles. The maximum atomic E-state index is 14.6. The Kier molecular flexibility index (Phi) is 5.83. The molecule has 0 spiro atoms. The second kappa shape index (κ2) is 8.44. The maximum absolute atomic E-state index is 14.6. The summed E-state index contributed by atoms with van der Waals surface area (Å²) in [5.74, 6) is 1.93. The van der Waals surface area contributed by atoms with E-state index in [0.29, 0.717) is 29.9 Å². The molecule has 11 heteroatoms. The number of alkyl halides is 3. The third-order valence-electron chi connectivity index (χ3n) is 7.12. The van der Waals surface area contributed by atoms with E-state index < -0.39 is 17.6 Å². The Hall–Kier alpha value is -2.27. The molecule has 1 aliphatic carbocycles. The monoisotopic (exact) mass is 497 g/mol. The van der Waals surface area contributed by atoms with Gasteiger partial charge in [0.15, 0.2) is 23.5 Å². The van der Waals surface area contributed by atoms with Crippen LogP contribution in [0.4, 0.5) is 17.6 Å². The van der Waals surface area contributed by atoms with E-state index in [2.05, 4.69) is 19.9 Å². The number of benzene rings is 1. The van der Waals surface area contributed by atoms with Gasteiger partial charge >= 0.3 is 6.18 Å². The molecule has 6 nitrogen and oxygen atoms in total. The highest BCUT2D eigenvalue weighted by Gasteiger charge is 2.61. The summed E-state index contributed by atoms with van der Waals surface area (Å²) in [6.45, 7) is 4.33. The number of rotatable bonds is 7. The van der Waals surface area contributed by atoms with Gasteiger partial charge in [-0.1, -0.05) is 6.07 Å². The van der Waals surface area contributed by atoms with Gasteiger partial charge in [0.25, 0.3) is 0 Å². The highest BCUT2D eigenvalue weighted by molar-refractivity contribution is 7.99. The van der Waals surface area contributed by atoms with Gasteiger partial charge in [0.05, 0.1) is 11.3 Å². The van der Waals surface area contributed by atoms with Crippen LogP contribution in [0.2, 0.25) is 0 Å². The quantitative estimate of drug-likeness (QED) is 0.419. The van der Waals surface area contributed by atoms with Crippen molar-refractivity contribution in [1.29, 1.82) is 0 Å². The third kappa shape index (κ3) is 4.06. The van der Waals surface area contributed by atoms with Crippen molar-refractivity contribution >= 4 is 17.6 Å². The first kappa shape index (κ1) is 23.5. The zero-order valence-corrected chi connectivity index (χ0v) is 20.1. The van der Waals surface area contributed by atoms with Crippen LogP contribution >= 0.6 is 11.8 Å². The van der Waals surface area contributed by atoms with Crippen molar-refractivity contribution in [3.05, 3.63) is 53.0 Å². The molecule has 3 atom stereocenters. The van der Waals surface area contributed by atoms with Crippen molar-refractivity contribution in [2.75, 3.05) is 39.5 Å². The zero-order valence-electron chi connectivity index (χ0n) is 19.3. The third-order valence-corrected chi connectivity index (χ3v) is 8.56. The molecule has 2 aromatic rings. The van der Waals surface area contributed by atoms with Gasteiger partial charge in [0.1, 0.15) is 5.82 Å². The average Bonchev–Trinajstić information content (AvgIpc) is 3.02. The molecule has 1 unspecified atom stereocenters. The van der Waals surface area contributed by atoms with Crippen molar-refractivity contribution in [1.82, 2.24) is 19.8 Å². The first-order valence-electron chi connectivity index (χ1n) is 11.3. The molecule has 34 heavy (non-hydrogen) atoms. The summed E-state index contributed by atoms with van der Waals surface area (Å²) in [5.41, 5.74) is 0.0330. The molecule has 0 N–H and O–H groups in total. The molecule has 1 saturated heterocycles. The normalized spacial score (nSPS) is 26.9. The minimum absolute atomic E-state index is 0.0547. The predicted molar refractivity (Wildman–Crippen MR) is 122 cm³/mol. The fourth-order valence-electron chi connectivity index (χ4n) is 5.31. The van der Waals surface area contributed by atoms with Crippen molar-refractivity contribution in [2.45, 2.75) is 36.9 Å². The predicted octanol–water partition coefficient (Wildman–Crippen LogP) is 4.36. The summed E-state index contributed by atoms with van der Waals surface area (Å²) in [5, 5.41) is 6.52. The lowest BCUT2D eigenvalue weighted by atomic mass is 9.93. The number of piperidine rings is 1. The molecule has 3 aliphatic rings. The Morgan fingerprint density at radius 3 is 2.74 bits per heavy atom. The lowest BCUT2D eigenvalue weighted by Gasteiger charge is -2.26. The van der Waals surface area contributed by atoms with Crippen molar-refractivity contribution in [3.8, 4) is 0 Å². The summed E-state index contributed by atoms with van der Waals surface area (Å²) < 4.78 is 58.8. The van der Waals surface area contributed by atoms with Crippen LogP contribution in [-0.4, -0.2) is 70.6 Å². The first-order valence-corrected chi connectivity index (χ1v) is 12.3. The number of nitrogens with zero attached hydrogens (tertiary/aromatic N) is 5. The fraction of sp³-hybridized carbons (Fsp3) is 0.565. The highest BCUT2D eigenvalue weighted by atomic mass is 32.2. The second-order valence-electron chi connectivity index (χ2n) is 9.41. The number of aryl methyl sites for hydroxylation is 1. The number of amidine groups is 1. The Balaban J connectivity index is 1.12. The molecular formula is C23H27F4N5OS. The molecule has 2 fully saturated rings. The molecule has 5 rings (SSSR count). The minimum Gasteiger partial charge on any atom is -0.440 e. The Morgan fingerprint density at radius 2 is 2.06 bits per heavy atom. The van der Waals surface area contributed by atoms with Gasteiger partial charge in [0.2, 0.25) is 0 Å². The van der Waals surface area contributed by atoms with Gasteiger partial charge in [-0.05, 0) is 55.7 Å². The number of halogens is 4. The largest absolute Gasteiger partial charge is 0.440 e. The number of aromatic nitrogens is 1. The molecule has 0 amide bonds. The first-order chi connectivity index (χ1) is 16.1. The Labute approximate surface area is 200 Å². The summed E-state index contributed by atoms with van der Waals surface area (Å²) in [4.78, 5) is 8.53. The molecule has 0 bridgehead atoms. The van der Waals surface area contributed by atoms with Crippen LogP contribution in [0.1, 0.15) is 35.4 Å². The van der Waals surface area contributed by atoms with Crippen molar-refractivity contribution < 1.29 is 22.0 Å². The van der Waals surface area contributed by atoms with E-state index in [9.17, 15) is 17.6 Å². The van der Waals surface area contributed by atoms with Crippen LogP contribution in [-0.2, 0) is 11.6 Å². The molecule has 184 valence electrons. The molecular weight excluding hydrogens is 470 g/mol. The van der Waals surface area contributed by atoms with Crippen LogP contribution in [0.5, 0.6) is 0 Å². The molecule has 1 aromatic heterocycles. The minimum atomic E-state index is -4.53. The zero-order chi connectivity index (χ0) is 24.3. The van der Waals surface area contributed by atoms with Gasteiger partial charge in [-0.15, -0.1) is 11.8 Å². The van der Waals surface area contributed by atoms with E-state index in [4.69, 9.17) is 4.42 Å². The standard InChI is InChI=1S/C23H27F4N5OS/c1-14-19(33-13-28-14)20-29-31(3)21(30(20)2)34-8-4-7-32-11-16-10-22(16,12-32)17-6-5-15(9-18(17)24)23(25,26)27/h5-6,9,13,16,21H,4,7-8,10-12H2,1-3H3/t16-,21?,22-/m0/s1. The Morgan fingerprint density at radius 1 is 1.26 bits per heavy atom. The van der Waals surface area contributed by atoms with Gasteiger partial charge < -0.3 is 14.2 Å². The van der Waals surface area contributed by atoms with Crippen LogP contribution in [0.15, 0.2) is 34.1 Å². The van der Waals surface area contributed by atoms with E-state index >= 15 is 0 Å². The number of hydrogen-bond acceptors (Lipinski definition) is 7. The van der Waals surface area contributed by atoms with Crippen LogP contribution in [0.3, 0.4) is 0 Å². The van der Waals surface area contributed by atoms with Gasteiger partial charge in [-0.25, -0.2) is 9.37 Å². The highest BCUT2D eigenvalue weighted by Crippen LogP contribution is 2.59. The van der Waals surface area contributed by atoms with Crippen LogP contribution in [0.25, 0.3) is 0 Å². The van der Waals surface area contributed by atoms with E-state index in [-0.39, 0.29) is 10.9 Å².